The van der Waals surface area contributed by atoms with Crippen LogP contribution in [0.1, 0.15) is 25.3 Å². The van der Waals surface area contributed by atoms with Gasteiger partial charge in [-0.05, 0) is 49.7 Å². The largest absolute Gasteiger partial charge is 0.461 e. The molecule has 1 saturated heterocycles. The molecule has 0 spiro atoms. The second-order valence-electron chi connectivity index (χ2n) is 7.99. The van der Waals surface area contributed by atoms with E-state index < -0.39 is 12.0 Å². The SMILES string of the molecule is CCOC(=O)C1=NN(c2ccccc2)C(C(=O)N2CCCN(c3ccc(C#N)cc3)CC2)C1. The Kier molecular flexibility index (Phi) is 6.89. The lowest BCUT2D eigenvalue weighted by Gasteiger charge is -2.29. The molecule has 2 aromatic rings. The Balaban J connectivity index is 1.48. The summed E-state index contributed by atoms with van der Waals surface area (Å²) in [6.07, 6.45) is 1.05. The summed E-state index contributed by atoms with van der Waals surface area (Å²) in [5.41, 5.74) is 2.71. The van der Waals surface area contributed by atoms with Crippen molar-refractivity contribution in [2.45, 2.75) is 25.8 Å². The first-order valence-corrected chi connectivity index (χ1v) is 11.2. The number of benzene rings is 2. The standard InChI is InChI=1S/C25H27N5O3/c1-2-33-25(32)22-17-23(30(27-22)21-7-4-3-5-8-21)24(31)29-14-6-13-28(15-16-29)20-11-9-19(18-26)10-12-20/h3-5,7-12,23H,2,6,13-17H2,1H3. The normalized spacial score (nSPS) is 18.4. The molecule has 8 heteroatoms. The van der Waals surface area contributed by atoms with Crippen molar-refractivity contribution in [1.29, 1.82) is 5.26 Å². The van der Waals surface area contributed by atoms with Crippen LogP contribution in [0, 0.1) is 11.3 Å². The van der Waals surface area contributed by atoms with Crippen LogP contribution in [-0.2, 0) is 14.3 Å². The van der Waals surface area contributed by atoms with E-state index in [-0.39, 0.29) is 24.6 Å². The number of amides is 1. The highest BCUT2D eigenvalue weighted by Crippen LogP contribution is 2.27. The van der Waals surface area contributed by atoms with Crippen molar-refractivity contribution in [2.24, 2.45) is 5.10 Å². The molecule has 0 aromatic heterocycles. The van der Waals surface area contributed by atoms with Crippen molar-refractivity contribution in [2.75, 3.05) is 42.7 Å². The molecular weight excluding hydrogens is 418 g/mol. The van der Waals surface area contributed by atoms with Crippen molar-refractivity contribution in [3.8, 4) is 6.07 Å². The van der Waals surface area contributed by atoms with E-state index in [4.69, 9.17) is 10.00 Å². The molecular formula is C25H27N5O3. The topological polar surface area (TPSA) is 89.2 Å². The van der Waals surface area contributed by atoms with Crippen LogP contribution >= 0.6 is 0 Å². The lowest BCUT2D eigenvalue weighted by molar-refractivity contribution is -0.135. The molecule has 1 fully saturated rings. The first-order valence-electron chi connectivity index (χ1n) is 11.2. The first kappa shape index (κ1) is 22.3. The fourth-order valence-corrected chi connectivity index (χ4v) is 4.21. The number of anilines is 2. The molecule has 1 unspecified atom stereocenters. The fraction of sp³-hybridized carbons (Fsp3) is 0.360. The number of carbonyl (C=O) groups excluding carboxylic acids is 2. The van der Waals surface area contributed by atoms with Crippen LogP contribution in [0.3, 0.4) is 0 Å². The predicted molar refractivity (Wildman–Crippen MR) is 126 cm³/mol. The number of rotatable bonds is 5. The number of hydrogen-bond acceptors (Lipinski definition) is 7. The highest BCUT2D eigenvalue weighted by atomic mass is 16.5. The van der Waals surface area contributed by atoms with Crippen LogP contribution in [0.4, 0.5) is 11.4 Å². The van der Waals surface area contributed by atoms with Crippen molar-refractivity contribution in [3.63, 3.8) is 0 Å². The monoisotopic (exact) mass is 445 g/mol. The minimum absolute atomic E-state index is 0.0384. The maximum absolute atomic E-state index is 13.6. The average Bonchev–Trinajstić information content (AvgIpc) is 3.16. The third-order valence-electron chi connectivity index (χ3n) is 5.90. The number of hydrazone groups is 1. The molecule has 1 atom stereocenters. The molecule has 0 aliphatic carbocycles. The number of para-hydroxylation sites is 1. The molecule has 170 valence electrons. The van der Waals surface area contributed by atoms with Crippen LogP contribution in [0.2, 0.25) is 0 Å². The van der Waals surface area contributed by atoms with Gasteiger partial charge in [0.25, 0.3) is 0 Å². The highest BCUT2D eigenvalue weighted by Gasteiger charge is 2.39. The van der Waals surface area contributed by atoms with Crippen molar-refractivity contribution in [1.82, 2.24) is 4.90 Å². The van der Waals surface area contributed by atoms with E-state index in [9.17, 15) is 9.59 Å². The third-order valence-corrected chi connectivity index (χ3v) is 5.90. The summed E-state index contributed by atoms with van der Waals surface area (Å²) in [6, 6.07) is 18.5. The Morgan fingerprint density at radius 3 is 2.48 bits per heavy atom. The quantitative estimate of drug-likeness (QED) is 0.658. The third kappa shape index (κ3) is 4.98. The second kappa shape index (κ2) is 10.2. The summed E-state index contributed by atoms with van der Waals surface area (Å²) >= 11 is 0. The van der Waals surface area contributed by atoms with Crippen LogP contribution in [-0.4, -0.2) is 61.3 Å². The summed E-state index contributed by atoms with van der Waals surface area (Å²) in [7, 11) is 0. The summed E-state index contributed by atoms with van der Waals surface area (Å²) in [6.45, 7) is 4.75. The van der Waals surface area contributed by atoms with E-state index in [1.54, 1.807) is 11.9 Å². The van der Waals surface area contributed by atoms with Crippen LogP contribution in [0.15, 0.2) is 59.7 Å². The molecule has 0 N–H and O–H groups in total. The van der Waals surface area contributed by atoms with Gasteiger partial charge in [-0.1, -0.05) is 18.2 Å². The Morgan fingerprint density at radius 1 is 1.03 bits per heavy atom. The van der Waals surface area contributed by atoms with Crippen molar-refractivity contribution in [3.05, 3.63) is 60.2 Å². The summed E-state index contributed by atoms with van der Waals surface area (Å²) in [5, 5.41) is 15.1. The molecule has 0 radical (unpaired) electrons. The van der Waals surface area contributed by atoms with Gasteiger partial charge in [0.2, 0.25) is 5.91 Å². The van der Waals surface area contributed by atoms with Gasteiger partial charge in [-0.3, -0.25) is 9.80 Å². The first-order chi connectivity index (χ1) is 16.1. The molecule has 0 bridgehead atoms. The van der Waals surface area contributed by atoms with Gasteiger partial charge in [-0.15, -0.1) is 0 Å². The number of hydrogen-bond donors (Lipinski definition) is 0. The van der Waals surface area contributed by atoms with Crippen molar-refractivity contribution >= 4 is 29.0 Å². The zero-order chi connectivity index (χ0) is 23.2. The van der Waals surface area contributed by atoms with E-state index in [2.05, 4.69) is 16.1 Å². The van der Waals surface area contributed by atoms with Gasteiger partial charge < -0.3 is 14.5 Å². The number of esters is 1. The molecule has 2 aliphatic rings. The highest BCUT2D eigenvalue weighted by molar-refractivity contribution is 6.38. The van der Waals surface area contributed by atoms with Crippen molar-refractivity contribution < 1.29 is 14.3 Å². The zero-order valence-corrected chi connectivity index (χ0v) is 18.7. The van der Waals surface area contributed by atoms with E-state index >= 15 is 0 Å². The maximum Gasteiger partial charge on any atom is 0.354 e. The Labute approximate surface area is 193 Å². The molecule has 4 rings (SSSR count). The summed E-state index contributed by atoms with van der Waals surface area (Å²) in [4.78, 5) is 30.0. The van der Waals surface area contributed by atoms with Gasteiger partial charge in [0.1, 0.15) is 11.8 Å². The zero-order valence-electron chi connectivity index (χ0n) is 18.7. The lowest BCUT2D eigenvalue weighted by atomic mass is 10.1. The summed E-state index contributed by atoms with van der Waals surface area (Å²) in [5.74, 6) is -0.514. The van der Waals surface area contributed by atoms with Gasteiger partial charge >= 0.3 is 5.97 Å². The number of nitriles is 1. The summed E-state index contributed by atoms with van der Waals surface area (Å²) < 4.78 is 5.14. The second-order valence-corrected chi connectivity index (χ2v) is 7.99. The number of ether oxygens (including phenoxy) is 1. The maximum atomic E-state index is 13.6. The van der Waals surface area contributed by atoms with Gasteiger partial charge in [0, 0.05) is 38.3 Å². The smallest absolute Gasteiger partial charge is 0.354 e. The molecule has 2 aliphatic heterocycles. The van der Waals surface area contributed by atoms with E-state index in [0.717, 1.165) is 24.3 Å². The number of nitrogens with zero attached hydrogens (tertiary/aromatic N) is 5. The molecule has 33 heavy (non-hydrogen) atoms. The molecule has 2 aromatic carbocycles. The Morgan fingerprint density at radius 2 is 1.79 bits per heavy atom. The van der Waals surface area contributed by atoms with Crippen LogP contribution in [0.5, 0.6) is 0 Å². The minimum Gasteiger partial charge on any atom is -0.461 e. The van der Waals surface area contributed by atoms with Crippen LogP contribution in [0.25, 0.3) is 0 Å². The fourth-order valence-electron chi connectivity index (χ4n) is 4.21. The predicted octanol–water partition coefficient (Wildman–Crippen LogP) is 2.79. The number of carbonyl (C=O) groups is 2. The lowest BCUT2D eigenvalue weighted by Crippen LogP contribution is -2.46. The minimum atomic E-state index is -0.576. The van der Waals surface area contributed by atoms with E-state index in [0.29, 0.717) is 25.2 Å². The molecule has 2 heterocycles. The Bertz CT molecular complexity index is 1060. The van der Waals surface area contributed by atoms with Gasteiger partial charge in [-0.2, -0.15) is 10.4 Å². The van der Waals surface area contributed by atoms with Gasteiger partial charge in [0.15, 0.2) is 0 Å². The van der Waals surface area contributed by atoms with Gasteiger partial charge in [0.05, 0.1) is 23.9 Å². The Hall–Kier alpha value is -3.86. The van der Waals surface area contributed by atoms with Crippen LogP contribution < -0.4 is 9.91 Å². The van der Waals surface area contributed by atoms with E-state index in [1.807, 2.05) is 59.5 Å². The van der Waals surface area contributed by atoms with E-state index in [1.165, 1.54) is 0 Å². The molecule has 1 amide bonds. The molecule has 0 saturated carbocycles. The molecule has 8 nitrogen and oxygen atoms in total. The average molecular weight is 446 g/mol. The van der Waals surface area contributed by atoms with Gasteiger partial charge in [-0.25, -0.2) is 4.79 Å².